The van der Waals surface area contributed by atoms with E-state index in [0.717, 1.165) is 22.4 Å². The summed E-state index contributed by atoms with van der Waals surface area (Å²) in [6, 6.07) is 46.4. The van der Waals surface area contributed by atoms with Crippen LogP contribution in [0.1, 0.15) is 5.56 Å². The number of rotatable bonds is 9. The summed E-state index contributed by atoms with van der Waals surface area (Å²) in [5.74, 6) is -2.27. The van der Waals surface area contributed by atoms with Gasteiger partial charge in [-0.2, -0.15) is 0 Å². The minimum absolute atomic E-state index is 0.00851. The summed E-state index contributed by atoms with van der Waals surface area (Å²) in [7, 11) is 1.53. The maximum atomic E-state index is 15.4. The molecule has 6 aromatic carbocycles. The maximum Gasteiger partial charge on any atom is 0.131 e. The highest BCUT2D eigenvalue weighted by molar-refractivity contribution is 5.94. The Kier molecular flexibility index (Phi) is 13.0. The van der Waals surface area contributed by atoms with E-state index >= 15 is 17.6 Å². The summed E-state index contributed by atoms with van der Waals surface area (Å²) in [4.78, 5) is 17.4. The van der Waals surface area contributed by atoms with E-state index in [0.29, 0.717) is 56.2 Å². The first kappa shape index (κ1) is 45.2. The van der Waals surface area contributed by atoms with Crippen LogP contribution in [0.15, 0.2) is 195 Å². The molecule has 0 fully saturated rings. The van der Waals surface area contributed by atoms with Crippen molar-refractivity contribution >= 4 is 0 Å². The van der Waals surface area contributed by atoms with Gasteiger partial charge in [0.2, 0.25) is 0 Å². The van der Waals surface area contributed by atoms with Gasteiger partial charge >= 0.3 is 0 Å². The van der Waals surface area contributed by atoms with Crippen molar-refractivity contribution in [2.45, 2.75) is 6.92 Å². The second-order valence-electron chi connectivity index (χ2n) is 15.8. The zero-order valence-corrected chi connectivity index (χ0v) is 37.1. The number of hydrogen-bond acceptors (Lipinski definition) is 7. The zero-order chi connectivity index (χ0) is 48.0. The number of aromatic nitrogens is 4. The molecule has 2 N–H and O–H groups in total. The van der Waals surface area contributed by atoms with Crippen LogP contribution in [0.2, 0.25) is 0 Å². The molecule has 10 aromatic rings. The van der Waals surface area contributed by atoms with Crippen LogP contribution >= 0.6 is 0 Å². The third-order valence-corrected chi connectivity index (χ3v) is 11.5. The number of ether oxygens (including phenoxy) is 1. The molecule has 0 atom stereocenters. The molecule has 0 amide bonds. The van der Waals surface area contributed by atoms with E-state index in [1.54, 1.807) is 104 Å². The van der Waals surface area contributed by atoms with Gasteiger partial charge < -0.3 is 14.9 Å². The lowest BCUT2D eigenvalue weighted by molar-refractivity contribution is 0.416. The van der Waals surface area contributed by atoms with Crippen molar-refractivity contribution in [2.24, 2.45) is 0 Å². The van der Waals surface area contributed by atoms with Crippen LogP contribution in [-0.2, 0) is 0 Å². The summed E-state index contributed by atoms with van der Waals surface area (Å²) in [5.41, 5.74) is 7.85. The van der Waals surface area contributed by atoms with Gasteiger partial charge in [0.15, 0.2) is 0 Å². The summed E-state index contributed by atoms with van der Waals surface area (Å²) in [5, 5.41) is 21.5. The lowest BCUT2D eigenvalue weighted by Gasteiger charge is -2.19. The fourth-order valence-electron chi connectivity index (χ4n) is 8.24. The quantitative estimate of drug-likeness (QED) is 0.110. The minimum Gasteiger partial charge on any atom is -0.507 e. The van der Waals surface area contributed by atoms with Crippen LogP contribution in [-0.4, -0.2) is 37.3 Å². The number of methoxy groups -OCH3 is 1. The average Bonchev–Trinajstić information content (AvgIpc) is 3.39. The molecule has 0 aliphatic heterocycles. The first-order valence-corrected chi connectivity index (χ1v) is 21.7. The summed E-state index contributed by atoms with van der Waals surface area (Å²) in [6.07, 6.45) is 6.62. The number of nitrogens with zero attached hydrogens (tertiary/aromatic N) is 4. The molecule has 4 aromatic heterocycles. The monoisotopic (exact) mass is 916 g/mol. The van der Waals surface area contributed by atoms with Crippen molar-refractivity contribution in [1.29, 1.82) is 0 Å². The summed E-state index contributed by atoms with van der Waals surface area (Å²) >= 11 is 0. The fourth-order valence-corrected chi connectivity index (χ4v) is 8.24. The predicted molar refractivity (Wildman–Crippen MR) is 262 cm³/mol. The Morgan fingerprint density at radius 2 is 0.681 bits per heavy atom. The highest BCUT2D eigenvalue weighted by atomic mass is 19.1. The minimum atomic E-state index is -0.636. The molecule has 11 heteroatoms. The van der Waals surface area contributed by atoms with E-state index in [4.69, 9.17) is 4.74 Å². The third-order valence-electron chi connectivity index (χ3n) is 11.5. The first-order chi connectivity index (χ1) is 33.6. The van der Waals surface area contributed by atoms with Gasteiger partial charge in [0.25, 0.3) is 0 Å². The molecule has 10 rings (SSSR count). The standard InChI is InChI=1S/C30H22F2N2O.C28H18F2N2O2/c1-19-9-14-28(35-2)30(23-18-21(11-13-25(23)32)27-8-4-6-16-34-27)29(19)22-17-20(10-12-24(22)31)26-7-3-5-15-33-26;29-21-9-7-17(23-5-1-3-13-31-23)15-19(21)27-25(33)11-12-26(34)28(27)20-16-18(8-10-22(20)30)24-6-2-4-14-32-24/h3-18H,1-2H3;1-16,33-34H. The molecular weight excluding hydrogens is 877 g/mol. The van der Waals surface area contributed by atoms with Crippen LogP contribution in [0.3, 0.4) is 0 Å². The SMILES string of the molecule is COc1ccc(C)c(-c2cc(-c3ccccn3)ccc2F)c1-c1cc(-c2ccccn2)ccc1F.Oc1ccc(O)c(-c2cc(-c3ccccn3)ccc2F)c1-c1cc(-c2ccccn2)ccc1F. The zero-order valence-electron chi connectivity index (χ0n) is 37.1. The lowest BCUT2D eigenvalue weighted by Crippen LogP contribution is -1.99. The number of halogens is 4. The van der Waals surface area contributed by atoms with E-state index in [2.05, 4.69) is 19.9 Å². The van der Waals surface area contributed by atoms with E-state index in [-0.39, 0.29) is 33.8 Å². The van der Waals surface area contributed by atoms with Crippen LogP contribution in [0.5, 0.6) is 17.2 Å². The molecule has 0 saturated carbocycles. The molecule has 4 heterocycles. The number of benzene rings is 6. The van der Waals surface area contributed by atoms with Gasteiger partial charge in [-0.25, -0.2) is 17.6 Å². The van der Waals surface area contributed by atoms with Gasteiger partial charge in [0.1, 0.15) is 40.5 Å². The topological polar surface area (TPSA) is 101 Å². The van der Waals surface area contributed by atoms with Crippen molar-refractivity contribution in [2.75, 3.05) is 7.11 Å². The Morgan fingerprint density at radius 1 is 0.362 bits per heavy atom. The molecule has 338 valence electrons. The number of pyridine rings is 4. The molecule has 0 bridgehead atoms. The molecular formula is C58H40F4N4O3. The second kappa shape index (κ2) is 19.9. The molecule has 69 heavy (non-hydrogen) atoms. The van der Waals surface area contributed by atoms with Crippen LogP contribution in [0.25, 0.3) is 89.5 Å². The Labute approximate surface area is 395 Å². The van der Waals surface area contributed by atoms with Crippen molar-refractivity contribution < 1.29 is 32.5 Å². The van der Waals surface area contributed by atoms with E-state index in [1.807, 2.05) is 49.4 Å². The van der Waals surface area contributed by atoms with E-state index < -0.39 is 23.3 Å². The molecule has 0 spiro atoms. The van der Waals surface area contributed by atoms with Crippen molar-refractivity contribution in [3.8, 4) is 107 Å². The Hall–Kier alpha value is -8.96. The first-order valence-electron chi connectivity index (χ1n) is 21.7. The lowest BCUT2D eigenvalue weighted by atomic mass is 9.88. The predicted octanol–water partition coefficient (Wildman–Crippen LogP) is 14.6. The third kappa shape index (κ3) is 9.39. The highest BCUT2D eigenvalue weighted by Crippen LogP contribution is 2.48. The molecule has 7 nitrogen and oxygen atoms in total. The largest absolute Gasteiger partial charge is 0.507 e. The van der Waals surface area contributed by atoms with E-state index in [1.165, 1.54) is 55.6 Å². The Bertz CT molecular complexity index is 3340. The van der Waals surface area contributed by atoms with Crippen molar-refractivity contribution in [3.05, 3.63) is 223 Å². The smallest absolute Gasteiger partial charge is 0.131 e. The molecule has 0 aliphatic rings. The Morgan fingerprint density at radius 3 is 0.986 bits per heavy atom. The molecule has 0 saturated heterocycles. The van der Waals surface area contributed by atoms with Gasteiger partial charge in [-0.05, 0) is 158 Å². The fraction of sp³-hybridized carbons (Fsp3) is 0.0345. The second-order valence-corrected chi connectivity index (χ2v) is 15.8. The Balaban J connectivity index is 0.000000172. The number of phenols is 2. The summed E-state index contributed by atoms with van der Waals surface area (Å²) in [6.45, 7) is 1.88. The maximum absolute atomic E-state index is 15.4. The van der Waals surface area contributed by atoms with Gasteiger partial charge in [0, 0.05) is 86.0 Å². The van der Waals surface area contributed by atoms with Gasteiger partial charge in [0.05, 0.1) is 29.9 Å². The van der Waals surface area contributed by atoms with Gasteiger partial charge in [-0.15, -0.1) is 0 Å². The molecule has 0 aliphatic carbocycles. The summed E-state index contributed by atoms with van der Waals surface area (Å²) < 4.78 is 66.6. The highest BCUT2D eigenvalue weighted by Gasteiger charge is 2.25. The van der Waals surface area contributed by atoms with E-state index in [9.17, 15) is 10.2 Å². The van der Waals surface area contributed by atoms with Gasteiger partial charge in [-0.3, -0.25) is 19.9 Å². The van der Waals surface area contributed by atoms with Crippen molar-refractivity contribution in [3.63, 3.8) is 0 Å². The number of aromatic hydroxyl groups is 2. The van der Waals surface area contributed by atoms with Crippen molar-refractivity contribution in [1.82, 2.24) is 19.9 Å². The van der Waals surface area contributed by atoms with Crippen LogP contribution < -0.4 is 4.74 Å². The van der Waals surface area contributed by atoms with Crippen LogP contribution in [0, 0.1) is 30.2 Å². The van der Waals surface area contributed by atoms with Gasteiger partial charge in [-0.1, -0.05) is 30.3 Å². The average molecular weight is 917 g/mol. The molecule has 0 unspecified atom stereocenters. The number of aryl methyl sites for hydroxylation is 1. The molecule has 0 radical (unpaired) electrons. The van der Waals surface area contributed by atoms with Crippen LogP contribution in [0.4, 0.5) is 17.6 Å². The normalized spacial score (nSPS) is 10.9. The number of phenolic OH excluding ortho intramolecular Hbond substituents is 2. The number of hydrogen-bond donors (Lipinski definition) is 2.